The molecular weight excluding hydrogens is 459 g/mol. The van der Waals surface area contributed by atoms with Gasteiger partial charge in [-0.15, -0.1) is 22.7 Å². The minimum absolute atomic E-state index is 0.281. The zero-order chi connectivity index (χ0) is 22.9. The number of hydrogen-bond acceptors (Lipinski definition) is 5. The van der Waals surface area contributed by atoms with E-state index in [2.05, 4.69) is 5.32 Å². The van der Waals surface area contributed by atoms with Crippen molar-refractivity contribution in [2.45, 2.75) is 39.2 Å². The number of aromatic nitrogens is 1. The average molecular weight is 483 g/mol. The standard InChI is InChI=1S/C25H23FN2O3S2/c1-2-31-25(30)22-17-8-3-4-9-20(17)33-24(22)27-23(29)19-13-21-18(10-11-32-21)28(19)14-15-6-5-7-16(26)12-15/h5-7,10-13H,2-4,8-9,14H2,1H3,(H,27,29). The van der Waals surface area contributed by atoms with Crippen LogP contribution >= 0.6 is 22.7 Å². The molecular formula is C25H23FN2O3S2. The van der Waals surface area contributed by atoms with E-state index in [1.165, 1.54) is 23.5 Å². The molecule has 3 aromatic heterocycles. The number of anilines is 1. The number of nitrogens with one attached hydrogen (secondary N) is 1. The molecule has 0 aliphatic heterocycles. The van der Waals surface area contributed by atoms with Crippen LogP contribution in [-0.2, 0) is 24.1 Å². The molecule has 1 amide bonds. The Balaban J connectivity index is 1.51. The molecule has 1 aliphatic carbocycles. The van der Waals surface area contributed by atoms with E-state index in [0.29, 0.717) is 22.8 Å². The highest BCUT2D eigenvalue weighted by Crippen LogP contribution is 2.39. The van der Waals surface area contributed by atoms with E-state index >= 15 is 0 Å². The third kappa shape index (κ3) is 4.20. The van der Waals surface area contributed by atoms with E-state index in [1.54, 1.807) is 24.3 Å². The van der Waals surface area contributed by atoms with Crippen LogP contribution in [0.15, 0.2) is 41.8 Å². The maximum atomic E-state index is 13.8. The van der Waals surface area contributed by atoms with Crippen molar-refractivity contribution in [3.8, 4) is 0 Å². The van der Waals surface area contributed by atoms with E-state index in [0.717, 1.165) is 51.9 Å². The lowest BCUT2D eigenvalue weighted by Gasteiger charge is -2.13. The Hall–Kier alpha value is -2.97. The molecule has 1 aromatic carbocycles. The van der Waals surface area contributed by atoms with Crippen LogP contribution in [0.5, 0.6) is 0 Å². The highest BCUT2D eigenvalue weighted by molar-refractivity contribution is 7.17. The summed E-state index contributed by atoms with van der Waals surface area (Å²) >= 11 is 3.02. The first kappa shape index (κ1) is 21.9. The number of esters is 1. The van der Waals surface area contributed by atoms with Gasteiger partial charge in [0.05, 0.1) is 22.4 Å². The molecule has 5 nitrogen and oxygen atoms in total. The van der Waals surface area contributed by atoms with Gasteiger partial charge in [0.1, 0.15) is 16.5 Å². The summed E-state index contributed by atoms with van der Waals surface area (Å²) in [6.45, 7) is 2.43. The highest BCUT2D eigenvalue weighted by Gasteiger charge is 2.28. The van der Waals surface area contributed by atoms with Gasteiger partial charge in [0.25, 0.3) is 5.91 Å². The molecule has 0 spiro atoms. The Morgan fingerprint density at radius 3 is 2.85 bits per heavy atom. The quantitative estimate of drug-likeness (QED) is 0.330. The van der Waals surface area contributed by atoms with Gasteiger partial charge in [-0.1, -0.05) is 12.1 Å². The topological polar surface area (TPSA) is 60.3 Å². The number of fused-ring (bicyclic) bond motifs is 2. The molecule has 0 radical (unpaired) electrons. The third-order valence-electron chi connectivity index (χ3n) is 5.86. The lowest BCUT2D eigenvalue weighted by atomic mass is 9.95. The Kier molecular flexibility index (Phi) is 6.03. The fraction of sp³-hybridized carbons (Fsp3) is 0.280. The number of hydrogen-bond donors (Lipinski definition) is 1. The maximum absolute atomic E-state index is 13.8. The molecule has 4 aromatic rings. The lowest BCUT2D eigenvalue weighted by Crippen LogP contribution is -2.19. The smallest absolute Gasteiger partial charge is 0.341 e. The van der Waals surface area contributed by atoms with Crippen molar-refractivity contribution in [1.82, 2.24) is 4.57 Å². The number of aryl methyl sites for hydroxylation is 1. The zero-order valence-electron chi connectivity index (χ0n) is 18.2. The Morgan fingerprint density at radius 1 is 1.18 bits per heavy atom. The third-order valence-corrected chi connectivity index (χ3v) is 7.92. The SMILES string of the molecule is CCOC(=O)c1c(NC(=O)c2cc3sccc3n2Cc2cccc(F)c2)sc2c1CCCC2. The fourth-order valence-electron chi connectivity index (χ4n) is 4.39. The lowest BCUT2D eigenvalue weighted by molar-refractivity contribution is 0.0526. The minimum atomic E-state index is -0.386. The first-order valence-electron chi connectivity index (χ1n) is 11.0. The zero-order valence-corrected chi connectivity index (χ0v) is 19.8. The molecule has 33 heavy (non-hydrogen) atoms. The van der Waals surface area contributed by atoms with Gasteiger partial charge in [-0.3, -0.25) is 4.79 Å². The second-order valence-corrected chi connectivity index (χ2v) is 10.1. The number of amides is 1. The van der Waals surface area contributed by atoms with Crippen LogP contribution in [-0.4, -0.2) is 23.1 Å². The largest absolute Gasteiger partial charge is 0.462 e. The van der Waals surface area contributed by atoms with Crippen LogP contribution < -0.4 is 5.32 Å². The van der Waals surface area contributed by atoms with Crippen LogP contribution in [0.1, 0.15) is 56.6 Å². The molecule has 0 fully saturated rings. The van der Waals surface area contributed by atoms with Crippen molar-refractivity contribution in [1.29, 1.82) is 0 Å². The molecule has 0 bridgehead atoms. The highest BCUT2D eigenvalue weighted by atomic mass is 32.1. The summed E-state index contributed by atoms with van der Waals surface area (Å²) in [6.07, 6.45) is 3.84. The van der Waals surface area contributed by atoms with Crippen molar-refractivity contribution < 1.29 is 18.7 Å². The van der Waals surface area contributed by atoms with Gasteiger partial charge in [-0.25, -0.2) is 9.18 Å². The summed E-state index contributed by atoms with van der Waals surface area (Å²) in [5.74, 6) is -0.988. The van der Waals surface area contributed by atoms with Crippen LogP contribution in [0.4, 0.5) is 9.39 Å². The second-order valence-electron chi connectivity index (χ2n) is 8.01. The van der Waals surface area contributed by atoms with Gasteiger partial charge in [0.2, 0.25) is 0 Å². The van der Waals surface area contributed by atoms with Gasteiger partial charge >= 0.3 is 5.97 Å². The molecule has 1 N–H and O–H groups in total. The molecule has 0 saturated carbocycles. The van der Waals surface area contributed by atoms with Gasteiger partial charge in [-0.2, -0.15) is 0 Å². The van der Waals surface area contributed by atoms with Gasteiger partial charge in [-0.05, 0) is 73.4 Å². The number of rotatable bonds is 6. The van der Waals surface area contributed by atoms with E-state index in [9.17, 15) is 14.0 Å². The molecule has 5 rings (SSSR count). The van der Waals surface area contributed by atoms with Gasteiger partial charge in [0.15, 0.2) is 0 Å². The molecule has 8 heteroatoms. The van der Waals surface area contributed by atoms with Crippen molar-refractivity contribution in [2.24, 2.45) is 0 Å². The van der Waals surface area contributed by atoms with Crippen molar-refractivity contribution in [2.75, 3.05) is 11.9 Å². The normalized spacial score (nSPS) is 13.2. The maximum Gasteiger partial charge on any atom is 0.341 e. The molecule has 1 aliphatic rings. The van der Waals surface area contributed by atoms with E-state index < -0.39 is 0 Å². The van der Waals surface area contributed by atoms with Crippen LogP contribution in [0.3, 0.4) is 0 Å². The number of thiophene rings is 2. The second kappa shape index (κ2) is 9.11. The van der Waals surface area contributed by atoms with Crippen molar-refractivity contribution in [3.63, 3.8) is 0 Å². The first-order chi connectivity index (χ1) is 16.0. The van der Waals surface area contributed by atoms with Crippen LogP contribution in [0.25, 0.3) is 10.2 Å². The van der Waals surface area contributed by atoms with Crippen molar-refractivity contribution >= 4 is 49.8 Å². The molecule has 3 heterocycles. The average Bonchev–Trinajstić information content (AvgIpc) is 3.47. The summed E-state index contributed by atoms with van der Waals surface area (Å²) in [7, 11) is 0. The Morgan fingerprint density at radius 2 is 2.03 bits per heavy atom. The minimum Gasteiger partial charge on any atom is -0.462 e. The number of nitrogens with zero attached hydrogens (tertiary/aromatic N) is 1. The summed E-state index contributed by atoms with van der Waals surface area (Å²) in [5.41, 5.74) is 3.67. The Bertz CT molecular complexity index is 1350. The summed E-state index contributed by atoms with van der Waals surface area (Å²) in [5, 5.41) is 5.52. The van der Waals surface area contributed by atoms with Gasteiger partial charge in [0, 0.05) is 11.4 Å². The first-order valence-corrected chi connectivity index (χ1v) is 12.7. The van der Waals surface area contributed by atoms with E-state index in [1.807, 2.05) is 28.1 Å². The summed E-state index contributed by atoms with van der Waals surface area (Å²) in [4.78, 5) is 27.4. The fourth-order valence-corrected chi connectivity index (χ4v) is 6.49. The van der Waals surface area contributed by atoms with Crippen molar-refractivity contribution in [3.05, 3.63) is 74.9 Å². The predicted molar refractivity (Wildman–Crippen MR) is 130 cm³/mol. The van der Waals surface area contributed by atoms with E-state index in [4.69, 9.17) is 4.74 Å². The molecule has 0 atom stereocenters. The number of carbonyl (C=O) groups is 2. The number of ether oxygens (including phenoxy) is 1. The molecule has 170 valence electrons. The summed E-state index contributed by atoms with van der Waals surface area (Å²) in [6, 6.07) is 10.2. The predicted octanol–water partition coefficient (Wildman–Crippen LogP) is 6.26. The number of carbonyl (C=O) groups excluding carboxylic acids is 2. The van der Waals surface area contributed by atoms with E-state index in [-0.39, 0.29) is 24.3 Å². The van der Waals surface area contributed by atoms with Gasteiger partial charge < -0.3 is 14.6 Å². The summed E-state index contributed by atoms with van der Waals surface area (Å²) < 4.78 is 21.9. The van der Waals surface area contributed by atoms with Crippen LogP contribution in [0, 0.1) is 5.82 Å². The van der Waals surface area contributed by atoms with Crippen LogP contribution in [0.2, 0.25) is 0 Å². The molecule has 0 saturated heterocycles. The molecule has 0 unspecified atom stereocenters. The number of halogens is 1. The Labute approximate surface area is 198 Å². The monoisotopic (exact) mass is 482 g/mol. The number of benzene rings is 1.